The van der Waals surface area contributed by atoms with Gasteiger partial charge in [-0.15, -0.1) is 0 Å². The fourth-order valence-corrected chi connectivity index (χ4v) is 1.79. The summed E-state index contributed by atoms with van der Waals surface area (Å²) >= 11 is 0. The van der Waals surface area contributed by atoms with E-state index < -0.39 is 6.10 Å². The smallest absolute Gasteiger partial charge is 0.123 e. The summed E-state index contributed by atoms with van der Waals surface area (Å²) in [5, 5.41) is 18.9. The van der Waals surface area contributed by atoms with Crippen molar-refractivity contribution in [2.75, 3.05) is 26.2 Å². The van der Waals surface area contributed by atoms with E-state index in [2.05, 4.69) is 6.92 Å². The van der Waals surface area contributed by atoms with E-state index >= 15 is 0 Å². The molecule has 2 N–H and O–H groups in total. The first kappa shape index (κ1) is 14.1. The lowest BCUT2D eigenvalue weighted by molar-refractivity contribution is 0.0998. The largest absolute Gasteiger partial charge is 0.395 e. The van der Waals surface area contributed by atoms with Crippen LogP contribution in [0.5, 0.6) is 0 Å². The zero-order valence-electron chi connectivity index (χ0n) is 10.1. The Morgan fingerprint density at radius 1 is 1.24 bits per heavy atom. The van der Waals surface area contributed by atoms with Gasteiger partial charge in [0.1, 0.15) is 5.82 Å². The second-order valence-electron chi connectivity index (χ2n) is 4.09. The van der Waals surface area contributed by atoms with Crippen molar-refractivity contribution in [3.05, 3.63) is 35.6 Å². The van der Waals surface area contributed by atoms with Gasteiger partial charge in [-0.2, -0.15) is 0 Å². The van der Waals surface area contributed by atoms with E-state index in [4.69, 9.17) is 5.11 Å². The Bertz CT molecular complexity index is 310. The second kappa shape index (κ2) is 7.37. The first-order valence-electron chi connectivity index (χ1n) is 5.94. The van der Waals surface area contributed by atoms with Crippen LogP contribution in [-0.2, 0) is 0 Å². The molecule has 0 aliphatic carbocycles. The number of aliphatic hydroxyl groups excluding tert-OH is 2. The molecule has 0 aliphatic rings. The van der Waals surface area contributed by atoms with Gasteiger partial charge in [-0.05, 0) is 30.7 Å². The molecule has 0 heterocycles. The quantitative estimate of drug-likeness (QED) is 0.761. The van der Waals surface area contributed by atoms with Crippen molar-refractivity contribution in [2.45, 2.75) is 19.4 Å². The van der Waals surface area contributed by atoms with Gasteiger partial charge in [-0.1, -0.05) is 19.1 Å². The molecule has 0 fully saturated rings. The summed E-state index contributed by atoms with van der Waals surface area (Å²) in [6.45, 7) is 3.97. The van der Waals surface area contributed by atoms with Crippen LogP contribution in [0.25, 0.3) is 0 Å². The summed E-state index contributed by atoms with van der Waals surface area (Å²) in [5.41, 5.74) is 0.699. The fourth-order valence-electron chi connectivity index (χ4n) is 1.79. The van der Waals surface area contributed by atoms with Gasteiger partial charge in [0.05, 0.1) is 12.7 Å². The Morgan fingerprint density at radius 3 is 2.41 bits per heavy atom. The van der Waals surface area contributed by atoms with Crippen LogP contribution in [0.3, 0.4) is 0 Å². The highest BCUT2D eigenvalue weighted by Gasteiger charge is 2.12. The van der Waals surface area contributed by atoms with Gasteiger partial charge in [0.15, 0.2) is 0 Å². The molecule has 4 heteroatoms. The van der Waals surface area contributed by atoms with Crippen LogP contribution in [0.4, 0.5) is 4.39 Å². The van der Waals surface area contributed by atoms with Crippen molar-refractivity contribution < 1.29 is 14.6 Å². The number of nitrogens with zero attached hydrogens (tertiary/aromatic N) is 1. The first-order valence-corrected chi connectivity index (χ1v) is 5.94. The molecule has 1 unspecified atom stereocenters. The Hall–Kier alpha value is -0.970. The maximum atomic E-state index is 12.7. The van der Waals surface area contributed by atoms with Gasteiger partial charge in [0.25, 0.3) is 0 Å². The van der Waals surface area contributed by atoms with E-state index in [0.717, 1.165) is 13.0 Å². The summed E-state index contributed by atoms with van der Waals surface area (Å²) in [4.78, 5) is 1.99. The zero-order chi connectivity index (χ0) is 12.7. The predicted molar refractivity (Wildman–Crippen MR) is 65.2 cm³/mol. The fraction of sp³-hybridized carbons (Fsp3) is 0.538. The second-order valence-corrected chi connectivity index (χ2v) is 4.09. The number of hydrogen-bond acceptors (Lipinski definition) is 3. The third-order valence-corrected chi connectivity index (χ3v) is 2.64. The van der Waals surface area contributed by atoms with E-state index in [9.17, 15) is 9.50 Å². The van der Waals surface area contributed by atoms with E-state index in [-0.39, 0.29) is 12.4 Å². The average molecular weight is 241 g/mol. The van der Waals surface area contributed by atoms with Crippen LogP contribution in [-0.4, -0.2) is 41.4 Å². The van der Waals surface area contributed by atoms with Crippen molar-refractivity contribution in [1.82, 2.24) is 4.90 Å². The minimum Gasteiger partial charge on any atom is -0.395 e. The van der Waals surface area contributed by atoms with Gasteiger partial charge < -0.3 is 10.2 Å². The van der Waals surface area contributed by atoms with E-state index in [0.29, 0.717) is 18.7 Å². The molecule has 3 nitrogen and oxygen atoms in total. The lowest BCUT2D eigenvalue weighted by Crippen LogP contribution is -2.32. The summed E-state index contributed by atoms with van der Waals surface area (Å²) < 4.78 is 12.7. The Labute approximate surface area is 101 Å². The molecule has 0 amide bonds. The highest BCUT2D eigenvalue weighted by molar-refractivity contribution is 5.18. The number of aliphatic hydroxyl groups is 2. The molecule has 0 saturated carbocycles. The van der Waals surface area contributed by atoms with Crippen LogP contribution >= 0.6 is 0 Å². The van der Waals surface area contributed by atoms with Crippen molar-refractivity contribution >= 4 is 0 Å². The van der Waals surface area contributed by atoms with E-state index in [1.807, 2.05) is 4.90 Å². The lowest BCUT2D eigenvalue weighted by atomic mass is 10.1. The van der Waals surface area contributed by atoms with Crippen molar-refractivity contribution in [1.29, 1.82) is 0 Å². The maximum Gasteiger partial charge on any atom is 0.123 e. The van der Waals surface area contributed by atoms with Crippen LogP contribution < -0.4 is 0 Å². The number of benzene rings is 1. The van der Waals surface area contributed by atoms with Gasteiger partial charge >= 0.3 is 0 Å². The van der Waals surface area contributed by atoms with E-state index in [1.165, 1.54) is 12.1 Å². The molecule has 1 aromatic carbocycles. The normalized spacial score (nSPS) is 13.0. The van der Waals surface area contributed by atoms with Crippen molar-refractivity contribution in [3.63, 3.8) is 0 Å². The molecular weight excluding hydrogens is 221 g/mol. The zero-order valence-corrected chi connectivity index (χ0v) is 10.1. The summed E-state index contributed by atoms with van der Waals surface area (Å²) in [5.74, 6) is -0.304. The van der Waals surface area contributed by atoms with Crippen molar-refractivity contribution in [2.24, 2.45) is 0 Å². The van der Waals surface area contributed by atoms with Crippen LogP contribution in [0, 0.1) is 5.82 Å². The Morgan fingerprint density at radius 2 is 1.88 bits per heavy atom. The van der Waals surface area contributed by atoms with Crippen LogP contribution in [0.2, 0.25) is 0 Å². The summed E-state index contributed by atoms with van der Waals surface area (Å²) in [6.07, 6.45) is 0.324. The molecule has 0 aliphatic heterocycles. The molecule has 96 valence electrons. The summed E-state index contributed by atoms with van der Waals surface area (Å²) in [7, 11) is 0. The minimum atomic E-state index is -0.645. The first-order chi connectivity index (χ1) is 8.17. The molecule has 1 atom stereocenters. The molecule has 0 spiro atoms. The number of rotatable bonds is 7. The third kappa shape index (κ3) is 4.81. The van der Waals surface area contributed by atoms with Gasteiger partial charge in [0, 0.05) is 13.1 Å². The summed E-state index contributed by atoms with van der Waals surface area (Å²) in [6, 6.07) is 5.86. The molecule has 0 radical (unpaired) electrons. The van der Waals surface area contributed by atoms with Gasteiger partial charge in [-0.25, -0.2) is 4.39 Å². The third-order valence-electron chi connectivity index (χ3n) is 2.64. The molecule has 0 bridgehead atoms. The molecule has 17 heavy (non-hydrogen) atoms. The minimum absolute atomic E-state index is 0.0795. The number of hydrogen-bond donors (Lipinski definition) is 2. The average Bonchev–Trinajstić information content (AvgIpc) is 2.30. The van der Waals surface area contributed by atoms with Crippen LogP contribution in [0.1, 0.15) is 25.0 Å². The van der Waals surface area contributed by atoms with E-state index in [1.54, 1.807) is 12.1 Å². The molecule has 1 aromatic rings. The maximum absolute atomic E-state index is 12.7. The highest BCUT2D eigenvalue weighted by atomic mass is 19.1. The Kier molecular flexibility index (Phi) is 6.11. The molecule has 0 aromatic heterocycles. The monoisotopic (exact) mass is 241 g/mol. The standard InChI is InChI=1S/C13H20FNO2/c1-2-7-15(8-9-16)10-13(17)11-3-5-12(14)6-4-11/h3-6,13,16-17H,2,7-10H2,1H3. The highest BCUT2D eigenvalue weighted by Crippen LogP contribution is 2.14. The van der Waals surface area contributed by atoms with Gasteiger partial charge in [0.2, 0.25) is 0 Å². The Balaban J connectivity index is 2.56. The SMILES string of the molecule is CCCN(CCO)CC(O)c1ccc(F)cc1. The molecular formula is C13H20FNO2. The molecule has 0 saturated heterocycles. The van der Waals surface area contributed by atoms with Gasteiger partial charge in [-0.3, -0.25) is 4.90 Å². The van der Waals surface area contributed by atoms with Crippen LogP contribution in [0.15, 0.2) is 24.3 Å². The predicted octanol–water partition coefficient (Wildman–Crippen LogP) is 1.56. The number of halogens is 1. The van der Waals surface area contributed by atoms with Crippen molar-refractivity contribution in [3.8, 4) is 0 Å². The lowest BCUT2D eigenvalue weighted by Gasteiger charge is -2.23. The molecule has 1 rings (SSSR count). The topological polar surface area (TPSA) is 43.7 Å².